The number of hydrogen-bond acceptors (Lipinski definition) is 3. The highest BCUT2D eigenvalue weighted by Crippen LogP contribution is 2.33. The summed E-state index contributed by atoms with van der Waals surface area (Å²) in [5.41, 5.74) is -0.318. The molecule has 0 amide bonds. The Bertz CT molecular complexity index is 874. The number of carbonyl (C=O) groups is 1. The number of esters is 1. The van der Waals surface area contributed by atoms with Crippen LogP contribution in [0.1, 0.15) is 31.2 Å². The van der Waals surface area contributed by atoms with Crippen LogP contribution in [-0.2, 0) is 29.3 Å². The van der Waals surface area contributed by atoms with Crippen molar-refractivity contribution in [2.24, 2.45) is 18.9 Å². The topological polar surface area (TPSA) is 53.2 Å². The Morgan fingerprint density at radius 2 is 1.85 bits per heavy atom. The van der Waals surface area contributed by atoms with Crippen LogP contribution in [0, 0.1) is 11.8 Å². The number of ether oxygens (including phenoxy) is 1. The van der Waals surface area contributed by atoms with Gasteiger partial charge in [0.1, 0.15) is 0 Å². The zero-order chi connectivity index (χ0) is 19.1. The first-order chi connectivity index (χ1) is 12.2. The van der Waals surface area contributed by atoms with Crippen LogP contribution in [0.25, 0.3) is 11.0 Å². The molecule has 0 N–H and O–H groups in total. The molecule has 0 atom stereocenters. The van der Waals surface area contributed by atoms with Crippen LogP contribution in [-0.4, -0.2) is 22.2 Å². The maximum absolute atomic E-state index is 13.0. The van der Waals surface area contributed by atoms with Gasteiger partial charge in [-0.2, -0.15) is 13.2 Å². The summed E-state index contributed by atoms with van der Waals surface area (Å²) in [6, 6.07) is 3.37. The predicted octanol–water partition coefficient (Wildman–Crippen LogP) is 3.34. The average Bonchev–Trinajstić information content (AvgIpc) is 2.85. The van der Waals surface area contributed by atoms with Gasteiger partial charge in [-0.3, -0.25) is 13.9 Å². The van der Waals surface area contributed by atoms with E-state index in [0.29, 0.717) is 30.4 Å². The lowest BCUT2D eigenvalue weighted by molar-refractivity contribution is -0.146. The fourth-order valence-corrected chi connectivity index (χ4v) is 3.77. The number of hydrogen-bond donors (Lipinski definition) is 0. The second kappa shape index (κ2) is 6.81. The minimum Gasteiger partial charge on any atom is -0.469 e. The summed E-state index contributed by atoms with van der Waals surface area (Å²) in [6.45, 7) is 0.353. The lowest BCUT2D eigenvalue weighted by atomic mass is 9.82. The molecule has 0 radical (unpaired) electrons. The molecule has 1 aliphatic carbocycles. The average molecular weight is 370 g/mol. The Hall–Kier alpha value is -2.25. The summed E-state index contributed by atoms with van der Waals surface area (Å²) in [7, 11) is 2.92. The molecule has 8 heteroatoms. The number of carbonyl (C=O) groups excluding carboxylic acids is 1. The van der Waals surface area contributed by atoms with E-state index in [0.717, 1.165) is 25.0 Å². The molecule has 3 rings (SSSR count). The molecule has 0 saturated heterocycles. The number of rotatable bonds is 3. The Balaban J connectivity index is 1.87. The molecule has 1 aromatic heterocycles. The van der Waals surface area contributed by atoms with Crippen LogP contribution in [0.5, 0.6) is 0 Å². The van der Waals surface area contributed by atoms with Crippen molar-refractivity contribution >= 4 is 17.0 Å². The number of alkyl halides is 3. The van der Waals surface area contributed by atoms with E-state index in [1.807, 2.05) is 0 Å². The van der Waals surface area contributed by atoms with E-state index in [9.17, 15) is 22.8 Å². The highest BCUT2D eigenvalue weighted by Gasteiger charge is 2.32. The van der Waals surface area contributed by atoms with Gasteiger partial charge in [-0.05, 0) is 49.8 Å². The first-order valence-corrected chi connectivity index (χ1v) is 8.56. The Labute approximate surface area is 148 Å². The molecule has 0 unspecified atom stereocenters. The molecular weight excluding hydrogens is 349 g/mol. The summed E-state index contributed by atoms with van der Waals surface area (Å²) < 4.78 is 46.6. The third kappa shape index (κ3) is 3.37. The van der Waals surface area contributed by atoms with Gasteiger partial charge in [0.15, 0.2) is 0 Å². The van der Waals surface area contributed by atoms with Crippen molar-refractivity contribution in [2.45, 2.75) is 38.4 Å². The summed E-state index contributed by atoms with van der Waals surface area (Å²) in [5, 5.41) is 0. The number of fused-ring (bicyclic) bond motifs is 1. The third-order valence-electron chi connectivity index (χ3n) is 5.29. The van der Waals surface area contributed by atoms with Crippen molar-refractivity contribution in [3.05, 3.63) is 34.2 Å². The number of benzene rings is 1. The molecule has 142 valence electrons. The van der Waals surface area contributed by atoms with Gasteiger partial charge in [0.05, 0.1) is 29.6 Å². The van der Waals surface area contributed by atoms with E-state index in [-0.39, 0.29) is 23.5 Å². The Morgan fingerprint density at radius 3 is 2.42 bits per heavy atom. The maximum atomic E-state index is 13.0. The SMILES string of the molecule is COC(=O)[C@H]1CC[C@H](Cn2c(=O)n(C)c3ccc(C(F)(F)F)cc32)CC1. The van der Waals surface area contributed by atoms with Crippen molar-refractivity contribution in [3.8, 4) is 0 Å². The van der Waals surface area contributed by atoms with Gasteiger partial charge in [-0.1, -0.05) is 0 Å². The highest BCUT2D eigenvalue weighted by atomic mass is 19.4. The molecular formula is C18H21F3N2O3. The van der Waals surface area contributed by atoms with Gasteiger partial charge < -0.3 is 4.74 Å². The molecule has 1 saturated carbocycles. The van der Waals surface area contributed by atoms with E-state index in [2.05, 4.69) is 0 Å². The lowest BCUT2D eigenvalue weighted by Crippen LogP contribution is -2.29. The summed E-state index contributed by atoms with van der Waals surface area (Å²) >= 11 is 0. The summed E-state index contributed by atoms with van der Waals surface area (Å²) in [5.74, 6) is -0.202. The first-order valence-electron chi connectivity index (χ1n) is 8.56. The minimum absolute atomic E-state index is 0.127. The maximum Gasteiger partial charge on any atom is 0.416 e. The molecule has 0 aliphatic heterocycles. The monoisotopic (exact) mass is 370 g/mol. The van der Waals surface area contributed by atoms with Gasteiger partial charge in [0.25, 0.3) is 0 Å². The lowest BCUT2D eigenvalue weighted by Gasteiger charge is -2.27. The molecule has 5 nitrogen and oxygen atoms in total. The summed E-state index contributed by atoms with van der Waals surface area (Å²) in [6.07, 6.45) is -1.64. The van der Waals surface area contributed by atoms with Crippen molar-refractivity contribution in [1.82, 2.24) is 9.13 Å². The predicted molar refractivity (Wildman–Crippen MR) is 89.6 cm³/mol. The van der Waals surface area contributed by atoms with Crippen molar-refractivity contribution in [1.29, 1.82) is 0 Å². The van der Waals surface area contributed by atoms with Crippen LogP contribution < -0.4 is 5.69 Å². The molecule has 1 heterocycles. The van der Waals surface area contributed by atoms with Crippen LogP contribution >= 0.6 is 0 Å². The van der Waals surface area contributed by atoms with Gasteiger partial charge in [0, 0.05) is 13.6 Å². The molecule has 0 spiro atoms. The number of methoxy groups -OCH3 is 1. The van der Waals surface area contributed by atoms with E-state index in [4.69, 9.17) is 4.74 Å². The second-order valence-corrected chi connectivity index (χ2v) is 6.89. The van der Waals surface area contributed by atoms with Crippen LogP contribution in [0.4, 0.5) is 13.2 Å². The zero-order valence-electron chi connectivity index (χ0n) is 14.7. The fraction of sp³-hybridized carbons (Fsp3) is 0.556. The van der Waals surface area contributed by atoms with Crippen LogP contribution in [0.15, 0.2) is 23.0 Å². The number of aryl methyl sites for hydroxylation is 1. The normalized spacial score (nSPS) is 21.1. The van der Waals surface area contributed by atoms with Crippen LogP contribution in [0.3, 0.4) is 0 Å². The highest BCUT2D eigenvalue weighted by molar-refractivity contribution is 5.77. The van der Waals surface area contributed by atoms with Crippen molar-refractivity contribution in [3.63, 3.8) is 0 Å². The molecule has 1 aromatic carbocycles. The number of nitrogens with zero attached hydrogens (tertiary/aromatic N) is 2. The van der Waals surface area contributed by atoms with Gasteiger partial charge >= 0.3 is 17.8 Å². The fourth-order valence-electron chi connectivity index (χ4n) is 3.77. The number of halogens is 3. The van der Waals surface area contributed by atoms with Crippen molar-refractivity contribution in [2.75, 3.05) is 7.11 Å². The minimum atomic E-state index is -4.45. The Morgan fingerprint density at radius 1 is 1.19 bits per heavy atom. The van der Waals surface area contributed by atoms with Gasteiger partial charge in [-0.25, -0.2) is 4.79 Å². The van der Waals surface area contributed by atoms with Gasteiger partial charge in [0.2, 0.25) is 0 Å². The molecule has 1 fully saturated rings. The van der Waals surface area contributed by atoms with E-state index >= 15 is 0 Å². The largest absolute Gasteiger partial charge is 0.469 e. The first kappa shape index (κ1) is 18.5. The molecule has 1 aliphatic rings. The quantitative estimate of drug-likeness (QED) is 0.779. The van der Waals surface area contributed by atoms with Crippen molar-refractivity contribution < 1.29 is 22.7 Å². The van der Waals surface area contributed by atoms with Gasteiger partial charge in [-0.15, -0.1) is 0 Å². The van der Waals surface area contributed by atoms with E-state index in [1.165, 1.54) is 22.3 Å². The molecule has 26 heavy (non-hydrogen) atoms. The standard InChI is InChI=1S/C18H21F3N2O3/c1-22-14-8-7-13(18(19,20)21)9-15(14)23(17(22)25)10-11-3-5-12(6-4-11)16(24)26-2/h7-9,11-12H,3-6,10H2,1-2H3/t11-,12-. The number of imidazole rings is 1. The zero-order valence-corrected chi connectivity index (χ0v) is 14.7. The number of aromatic nitrogens is 2. The summed E-state index contributed by atoms with van der Waals surface area (Å²) in [4.78, 5) is 24.1. The second-order valence-electron chi connectivity index (χ2n) is 6.89. The molecule has 0 bridgehead atoms. The van der Waals surface area contributed by atoms with Crippen LogP contribution in [0.2, 0.25) is 0 Å². The third-order valence-corrected chi connectivity index (χ3v) is 5.29. The smallest absolute Gasteiger partial charge is 0.416 e. The Kier molecular flexibility index (Phi) is 4.86. The van der Waals surface area contributed by atoms with E-state index in [1.54, 1.807) is 7.05 Å². The molecule has 2 aromatic rings. The van der Waals surface area contributed by atoms with E-state index < -0.39 is 11.7 Å².